The van der Waals surface area contributed by atoms with Crippen molar-refractivity contribution in [3.05, 3.63) is 40.8 Å². The number of nitrogens with zero attached hydrogens (tertiary/aromatic N) is 4. The van der Waals surface area contributed by atoms with E-state index in [1.807, 2.05) is 18.2 Å². The van der Waals surface area contributed by atoms with E-state index in [-0.39, 0.29) is 5.56 Å². The third-order valence-electron chi connectivity index (χ3n) is 3.38. The lowest BCUT2D eigenvalue weighted by Crippen LogP contribution is -2.45. The fraction of sp³-hybridized carbons (Fsp3) is 0.385. The van der Waals surface area contributed by atoms with Gasteiger partial charge in [-0.3, -0.25) is 9.20 Å². The van der Waals surface area contributed by atoms with Crippen molar-refractivity contribution in [3.8, 4) is 0 Å². The Kier molecular flexibility index (Phi) is 2.76. The first-order chi connectivity index (χ1) is 8.74. The van der Waals surface area contributed by atoms with E-state index < -0.39 is 0 Å². The molecule has 3 rings (SSSR count). The molecule has 94 valence electrons. The summed E-state index contributed by atoms with van der Waals surface area (Å²) in [7, 11) is 2.11. The average molecular weight is 244 g/mol. The Labute approximate surface area is 105 Å². The fourth-order valence-corrected chi connectivity index (χ4v) is 2.24. The molecule has 0 aliphatic carbocycles. The molecule has 1 aliphatic rings. The lowest BCUT2D eigenvalue weighted by molar-refractivity contribution is 0.312. The van der Waals surface area contributed by atoms with Crippen molar-refractivity contribution in [3.63, 3.8) is 0 Å². The zero-order chi connectivity index (χ0) is 12.5. The zero-order valence-corrected chi connectivity index (χ0v) is 10.4. The second kappa shape index (κ2) is 4.42. The SMILES string of the molecule is CN1CCN(c2cc(=O)n3ccccc3n2)CC1. The number of aromatic nitrogens is 2. The van der Waals surface area contributed by atoms with Gasteiger partial charge in [-0.2, -0.15) is 0 Å². The first-order valence-corrected chi connectivity index (χ1v) is 6.16. The van der Waals surface area contributed by atoms with Gasteiger partial charge in [0.1, 0.15) is 11.5 Å². The van der Waals surface area contributed by atoms with Gasteiger partial charge in [-0.05, 0) is 19.2 Å². The molecule has 5 heteroatoms. The molecule has 0 radical (unpaired) electrons. The van der Waals surface area contributed by atoms with Crippen LogP contribution in [0.15, 0.2) is 35.3 Å². The van der Waals surface area contributed by atoms with E-state index in [2.05, 4.69) is 21.8 Å². The van der Waals surface area contributed by atoms with Gasteiger partial charge in [0.25, 0.3) is 5.56 Å². The van der Waals surface area contributed by atoms with Crippen molar-refractivity contribution in [1.29, 1.82) is 0 Å². The molecule has 2 aromatic heterocycles. The summed E-state index contributed by atoms with van der Waals surface area (Å²) in [5, 5.41) is 0. The van der Waals surface area contributed by atoms with E-state index in [9.17, 15) is 4.79 Å². The lowest BCUT2D eigenvalue weighted by atomic mass is 10.3. The molecular weight excluding hydrogens is 228 g/mol. The predicted octanol–water partition coefficient (Wildman–Crippen LogP) is 0.446. The Morgan fingerprint density at radius 2 is 1.94 bits per heavy atom. The number of likely N-dealkylation sites (N-methyl/N-ethyl adjacent to an activating group) is 1. The van der Waals surface area contributed by atoms with Crippen LogP contribution in [-0.2, 0) is 0 Å². The van der Waals surface area contributed by atoms with Gasteiger partial charge in [-0.25, -0.2) is 4.98 Å². The van der Waals surface area contributed by atoms with Crippen LogP contribution in [0.25, 0.3) is 5.65 Å². The maximum Gasteiger partial charge on any atom is 0.259 e. The predicted molar refractivity (Wildman–Crippen MR) is 71.2 cm³/mol. The summed E-state index contributed by atoms with van der Waals surface area (Å²) in [6, 6.07) is 7.22. The van der Waals surface area contributed by atoms with Gasteiger partial charge in [-0.15, -0.1) is 0 Å². The van der Waals surface area contributed by atoms with Crippen LogP contribution in [0.5, 0.6) is 0 Å². The molecule has 0 spiro atoms. The van der Waals surface area contributed by atoms with Crippen LogP contribution < -0.4 is 10.5 Å². The van der Waals surface area contributed by atoms with Crippen LogP contribution in [0, 0.1) is 0 Å². The lowest BCUT2D eigenvalue weighted by Gasteiger charge is -2.33. The molecule has 0 atom stereocenters. The summed E-state index contributed by atoms with van der Waals surface area (Å²) in [6.45, 7) is 3.86. The summed E-state index contributed by atoms with van der Waals surface area (Å²) in [5.74, 6) is 0.791. The van der Waals surface area contributed by atoms with Gasteiger partial charge in [0, 0.05) is 38.4 Å². The highest BCUT2D eigenvalue weighted by Gasteiger charge is 2.16. The molecule has 0 saturated carbocycles. The van der Waals surface area contributed by atoms with Crippen LogP contribution in [0.4, 0.5) is 5.82 Å². The molecule has 3 heterocycles. The summed E-state index contributed by atoms with van der Waals surface area (Å²) in [6.07, 6.45) is 1.75. The molecular formula is C13H16N4O. The van der Waals surface area contributed by atoms with Crippen molar-refractivity contribution in [1.82, 2.24) is 14.3 Å². The normalized spacial score (nSPS) is 17.3. The molecule has 0 unspecified atom stereocenters. The van der Waals surface area contributed by atoms with Crippen LogP contribution in [-0.4, -0.2) is 47.5 Å². The first-order valence-electron chi connectivity index (χ1n) is 6.16. The van der Waals surface area contributed by atoms with Crippen molar-refractivity contribution < 1.29 is 0 Å². The van der Waals surface area contributed by atoms with Crippen LogP contribution in [0.3, 0.4) is 0 Å². The maximum atomic E-state index is 12.0. The molecule has 0 amide bonds. The minimum absolute atomic E-state index is 0.0190. The third kappa shape index (κ3) is 1.97. The molecule has 1 saturated heterocycles. The second-order valence-electron chi connectivity index (χ2n) is 4.67. The van der Waals surface area contributed by atoms with E-state index >= 15 is 0 Å². The highest BCUT2D eigenvalue weighted by atomic mass is 16.1. The Morgan fingerprint density at radius 3 is 2.72 bits per heavy atom. The van der Waals surface area contributed by atoms with Gasteiger partial charge in [-0.1, -0.05) is 6.07 Å². The highest BCUT2D eigenvalue weighted by Crippen LogP contribution is 2.12. The number of anilines is 1. The Morgan fingerprint density at radius 1 is 1.17 bits per heavy atom. The van der Waals surface area contributed by atoms with Gasteiger partial charge >= 0.3 is 0 Å². The maximum absolute atomic E-state index is 12.0. The first kappa shape index (κ1) is 11.2. The van der Waals surface area contributed by atoms with E-state index in [1.165, 1.54) is 0 Å². The zero-order valence-electron chi connectivity index (χ0n) is 10.4. The number of rotatable bonds is 1. The largest absolute Gasteiger partial charge is 0.354 e. The Bertz CT molecular complexity index is 614. The summed E-state index contributed by atoms with van der Waals surface area (Å²) < 4.78 is 1.57. The van der Waals surface area contributed by atoms with Crippen LogP contribution in [0.2, 0.25) is 0 Å². The summed E-state index contributed by atoms with van der Waals surface area (Å²) in [5.41, 5.74) is 0.688. The molecule has 0 aromatic carbocycles. The minimum atomic E-state index is -0.0190. The van der Waals surface area contributed by atoms with Gasteiger partial charge < -0.3 is 9.80 Å². The smallest absolute Gasteiger partial charge is 0.259 e. The standard InChI is InChI=1S/C13H16N4O/c1-15-6-8-16(9-7-15)12-10-13(18)17-5-3-2-4-11(17)14-12/h2-5,10H,6-9H2,1H3. The molecule has 5 nitrogen and oxygen atoms in total. The summed E-state index contributed by atoms with van der Waals surface area (Å²) >= 11 is 0. The fourth-order valence-electron chi connectivity index (χ4n) is 2.24. The van der Waals surface area contributed by atoms with E-state index in [0.717, 1.165) is 32.0 Å². The van der Waals surface area contributed by atoms with Gasteiger partial charge in [0.15, 0.2) is 0 Å². The van der Waals surface area contributed by atoms with Crippen molar-refractivity contribution in [2.24, 2.45) is 0 Å². The van der Waals surface area contributed by atoms with Crippen molar-refractivity contribution in [2.75, 3.05) is 38.1 Å². The Balaban J connectivity index is 2.00. The average Bonchev–Trinajstić information content (AvgIpc) is 2.39. The van der Waals surface area contributed by atoms with Crippen LogP contribution in [0.1, 0.15) is 0 Å². The quantitative estimate of drug-likeness (QED) is 0.730. The number of fused-ring (bicyclic) bond motifs is 1. The molecule has 1 aliphatic heterocycles. The number of pyridine rings is 1. The third-order valence-corrected chi connectivity index (χ3v) is 3.38. The summed E-state index contributed by atoms with van der Waals surface area (Å²) in [4.78, 5) is 21.0. The van der Waals surface area contributed by atoms with E-state index in [0.29, 0.717) is 5.65 Å². The number of hydrogen-bond donors (Lipinski definition) is 0. The second-order valence-corrected chi connectivity index (χ2v) is 4.67. The van der Waals surface area contributed by atoms with Crippen molar-refractivity contribution >= 4 is 11.5 Å². The van der Waals surface area contributed by atoms with E-state index in [1.54, 1.807) is 16.7 Å². The van der Waals surface area contributed by atoms with Crippen LogP contribution >= 0.6 is 0 Å². The molecule has 0 bridgehead atoms. The minimum Gasteiger partial charge on any atom is -0.354 e. The Hall–Kier alpha value is -1.88. The molecule has 18 heavy (non-hydrogen) atoms. The molecule has 0 N–H and O–H groups in total. The molecule has 2 aromatic rings. The van der Waals surface area contributed by atoms with Crippen molar-refractivity contribution in [2.45, 2.75) is 0 Å². The number of hydrogen-bond acceptors (Lipinski definition) is 4. The molecule has 1 fully saturated rings. The highest BCUT2D eigenvalue weighted by molar-refractivity contribution is 5.48. The van der Waals surface area contributed by atoms with Gasteiger partial charge in [0.05, 0.1) is 0 Å². The number of piperazine rings is 1. The van der Waals surface area contributed by atoms with E-state index in [4.69, 9.17) is 0 Å². The topological polar surface area (TPSA) is 40.9 Å². The van der Waals surface area contributed by atoms with Gasteiger partial charge in [0.2, 0.25) is 0 Å². The monoisotopic (exact) mass is 244 g/mol.